The van der Waals surface area contributed by atoms with E-state index in [0.29, 0.717) is 6.61 Å². The first kappa shape index (κ1) is 12.6. The van der Waals surface area contributed by atoms with Crippen LogP contribution in [0, 0.1) is 0 Å². The lowest BCUT2D eigenvalue weighted by Gasteiger charge is -2.43. The van der Waals surface area contributed by atoms with Crippen LogP contribution in [0.4, 0.5) is 4.79 Å². The first-order valence-corrected chi connectivity index (χ1v) is 5.68. The second-order valence-electron chi connectivity index (χ2n) is 4.28. The van der Waals surface area contributed by atoms with Crippen LogP contribution in [0.15, 0.2) is 0 Å². The van der Waals surface area contributed by atoms with Crippen molar-refractivity contribution in [3.63, 3.8) is 0 Å². The van der Waals surface area contributed by atoms with E-state index >= 15 is 0 Å². The van der Waals surface area contributed by atoms with E-state index < -0.39 is 36.7 Å². The third-order valence-corrected chi connectivity index (χ3v) is 3.10. The summed E-state index contributed by atoms with van der Waals surface area (Å²) in [6, 6.07) is -0.664. The molecule has 0 bridgehead atoms. The van der Waals surface area contributed by atoms with Crippen molar-refractivity contribution >= 4 is 6.09 Å². The summed E-state index contributed by atoms with van der Waals surface area (Å²) < 4.78 is 10.2. The highest BCUT2D eigenvalue weighted by atomic mass is 16.6. The van der Waals surface area contributed by atoms with Gasteiger partial charge in [-0.25, -0.2) is 4.79 Å². The third-order valence-electron chi connectivity index (χ3n) is 3.10. The summed E-state index contributed by atoms with van der Waals surface area (Å²) in [5.41, 5.74) is 0. The molecule has 2 aliphatic heterocycles. The molecule has 2 rings (SSSR count). The number of carbonyl (C=O) groups excluding carboxylic acids is 1. The average Bonchev–Trinajstić information content (AvgIpc) is 2.69. The fourth-order valence-electron chi connectivity index (χ4n) is 2.18. The Bertz CT molecular complexity index is 299. The summed E-state index contributed by atoms with van der Waals surface area (Å²) in [5.74, 6) is 0. The maximum Gasteiger partial charge on any atom is 0.412 e. The van der Waals surface area contributed by atoms with Gasteiger partial charge in [0.05, 0.1) is 0 Å². The highest BCUT2D eigenvalue weighted by Gasteiger charge is 2.54. The molecular weight excluding hydrogens is 230 g/mol. The number of cyclic esters (lactones) is 1. The van der Waals surface area contributed by atoms with Crippen LogP contribution in [0.25, 0.3) is 0 Å². The fourth-order valence-corrected chi connectivity index (χ4v) is 2.18. The lowest BCUT2D eigenvalue weighted by atomic mass is 9.94. The molecule has 2 fully saturated rings. The van der Waals surface area contributed by atoms with E-state index in [1.54, 1.807) is 0 Å². The van der Waals surface area contributed by atoms with Crippen LogP contribution in [0.5, 0.6) is 0 Å². The second-order valence-corrected chi connectivity index (χ2v) is 4.28. The number of carbonyl (C=O) groups is 1. The normalized spacial score (nSPS) is 41.3. The van der Waals surface area contributed by atoms with Gasteiger partial charge in [0.15, 0.2) is 6.23 Å². The predicted molar refractivity (Wildman–Crippen MR) is 55.0 cm³/mol. The zero-order chi connectivity index (χ0) is 12.6. The zero-order valence-electron chi connectivity index (χ0n) is 9.52. The Kier molecular flexibility index (Phi) is 3.53. The number of amides is 1. The molecule has 0 aliphatic carbocycles. The van der Waals surface area contributed by atoms with Gasteiger partial charge in [0.2, 0.25) is 0 Å². The standard InChI is InChI=1S/C10H17NO6/c1-2-3-16-9-8(14)7(13)6(12)5-4-17-10(15)11(5)9/h5-9,12-14H,2-4H2,1H3. The van der Waals surface area contributed by atoms with Crippen LogP contribution >= 0.6 is 0 Å². The van der Waals surface area contributed by atoms with Gasteiger partial charge in [-0.2, -0.15) is 0 Å². The van der Waals surface area contributed by atoms with Crippen molar-refractivity contribution < 1.29 is 29.6 Å². The molecule has 2 aliphatic rings. The molecule has 0 radical (unpaired) electrons. The van der Waals surface area contributed by atoms with Crippen molar-refractivity contribution in [3.05, 3.63) is 0 Å². The molecule has 0 spiro atoms. The number of aliphatic hydroxyl groups is 3. The SMILES string of the molecule is CCCOC1C(O)C(O)C(O)C2COC(=O)N21. The van der Waals surface area contributed by atoms with Crippen LogP contribution in [0.2, 0.25) is 0 Å². The van der Waals surface area contributed by atoms with Gasteiger partial charge >= 0.3 is 6.09 Å². The Hall–Kier alpha value is -0.890. The minimum Gasteiger partial charge on any atom is -0.447 e. The van der Waals surface area contributed by atoms with Gasteiger partial charge in [0.1, 0.15) is 31.0 Å². The molecule has 2 heterocycles. The van der Waals surface area contributed by atoms with E-state index in [-0.39, 0.29) is 6.61 Å². The van der Waals surface area contributed by atoms with Gasteiger partial charge in [-0.1, -0.05) is 6.92 Å². The van der Waals surface area contributed by atoms with Crippen molar-refractivity contribution in [1.29, 1.82) is 0 Å². The van der Waals surface area contributed by atoms with Gasteiger partial charge in [-0.15, -0.1) is 0 Å². The summed E-state index contributed by atoms with van der Waals surface area (Å²) in [5, 5.41) is 29.2. The maximum absolute atomic E-state index is 11.5. The third kappa shape index (κ3) is 1.99. The second kappa shape index (κ2) is 4.77. The molecule has 1 amide bonds. The molecule has 7 heteroatoms. The van der Waals surface area contributed by atoms with Crippen LogP contribution in [0.1, 0.15) is 13.3 Å². The number of aliphatic hydroxyl groups excluding tert-OH is 3. The number of nitrogens with zero attached hydrogens (tertiary/aromatic N) is 1. The van der Waals surface area contributed by atoms with Crippen LogP contribution < -0.4 is 0 Å². The van der Waals surface area contributed by atoms with Crippen LogP contribution in [-0.4, -0.2) is 70.1 Å². The highest BCUT2D eigenvalue weighted by molar-refractivity contribution is 5.71. The van der Waals surface area contributed by atoms with E-state index in [4.69, 9.17) is 9.47 Å². The average molecular weight is 247 g/mol. The monoisotopic (exact) mass is 247 g/mol. The molecule has 0 aromatic rings. The van der Waals surface area contributed by atoms with Gasteiger partial charge in [-0.3, -0.25) is 4.90 Å². The van der Waals surface area contributed by atoms with Crippen molar-refractivity contribution in [2.24, 2.45) is 0 Å². The number of rotatable bonds is 3. The summed E-state index contributed by atoms with van der Waals surface area (Å²) in [6.45, 7) is 2.23. The molecule has 5 unspecified atom stereocenters. The van der Waals surface area contributed by atoms with Gasteiger partial charge in [0.25, 0.3) is 0 Å². The number of fused-ring (bicyclic) bond motifs is 1. The Morgan fingerprint density at radius 1 is 1.35 bits per heavy atom. The molecule has 98 valence electrons. The quantitative estimate of drug-likeness (QED) is 0.570. The van der Waals surface area contributed by atoms with E-state index in [0.717, 1.165) is 11.3 Å². The minimum absolute atomic E-state index is 0.00420. The Morgan fingerprint density at radius 3 is 2.71 bits per heavy atom. The summed E-state index contributed by atoms with van der Waals surface area (Å²) >= 11 is 0. The van der Waals surface area contributed by atoms with Crippen molar-refractivity contribution in [3.8, 4) is 0 Å². The van der Waals surface area contributed by atoms with Gasteiger partial charge < -0.3 is 24.8 Å². The molecule has 17 heavy (non-hydrogen) atoms. The Morgan fingerprint density at radius 2 is 2.06 bits per heavy atom. The summed E-state index contributed by atoms with van der Waals surface area (Å²) in [4.78, 5) is 12.7. The van der Waals surface area contributed by atoms with Crippen molar-refractivity contribution in [2.75, 3.05) is 13.2 Å². The Balaban J connectivity index is 2.18. The molecule has 3 N–H and O–H groups in total. The number of hydrogen-bond donors (Lipinski definition) is 3. The molecule has 5 atom stereocenters. The molecular formula is C10H17NO6. The lowest BCUT2D eigenvalue weighted by molar-refractivity contribution is -0.211. The zero-order valence-corrected chi connectivity index (χ0v) is 9.52. The van der Waals surface area contributed by atoms with Crippen LogP contribution in [0.3, 0.4) is 0 Å². The van der Waals surface area contributed by atoms with E-state index in [1.165, 1.54) is 0 Å². The van der Waals surface area contributed by atoms with E-state index in [1.807, 2.05) is 6.92 Å². The molecule has 0 aromatic heterocycles. The summed E-state index contributed by atoms with van der Waals surface area (Å²) in [6.07, 6.45) is -4.78. The first-order chi connectivity index (χ1) is 8.07. The number of piperidine rings is 1. The van der Waals surface area contributed by atoms with Gasteiger partial charge in [0, 0.05) is 6.61 Å². The smallest absolute Gasteiger partial charge is 0.412 e. The molecule has 7 nitrogen and oxygen atoms in total. The molecule has 0 aromatic carbocycles. The maximum atomic E-state index is 11.5. The largest absolute Gasteiger partial charge is 0.447 e. The lowest BCUT2D eigenvalue weighted by Crippen LogP contribution is -2.66. The predicted octanol–water partition coefficient (Wildman–Crippen LogP) is -1.34. The van der Waals surface area contributed by atoms with Crippen LogP contribution in [-0.2, 0) is 9.47 Å². The topological polar surface area (TPSA) is 99.5 Å². The van der Waals surface area contributed by atoms with E-state index in [9.17, 15) is 20.1 Å². The molecule has 2 saturated heterocycles. The summed E-state index contributed by atoms with van der Waals surface area (Å²) in [7, 11) is 0. The fraction of sp³-hybridized carbons (Fsp3) is 0.900. The molecule has 0 saturated carbocycles. The number of hydrogen-bond acceptors (Lipinski definition) is 6. The Labute approximate surface area is 98.5 Å². The van der Waals surface area contributed by atoms with Gasteiger partial charge in [-0.05, 0) is 6.42 Å². The van der Waals surface area contributed by atoms with Crippen molar-refractivity contribution in [1.82, 2.24) is 4.90 Å². The van der Waals surface area contributed by atoms with E-state index in [2.05, 4.69) is 0 Å². The van der Waals surface area contributed by atoms with Crippen molar-refractivity contribution in [2.45, 2.75) is 43.9 Å². The highest BCUT2D eigenvalue weighted by Crippen LogP contribution is 2.30. The minimum atomic E-state index is -1.34. The first-order valence-electron chi connectivity index (χ1n) is 5.68. The number of ether oxygens (including phenoxy) is 2.